The number of nitrogens with two attached hydrogens (primary N) is 1. The van der Waals surface area contributed by atoms with E-state index in [9.17, 15) is 20.1 Å². The van der Waals surface area contributed by atoms with Gasteiger partial charge >= 0.3 is 5.97 Å². The lowest BCUT2D eigenvalue weighted by molar-refractivity contribution is -0.143. The van der Waals surface area contributed by atoms with Gasteiger partial charge in [-0.1, -0.05) is 49.9 Å². The number of rotatable bonds is 3. The molecule has 1 aromatic carbocycles. The summed E-state index contributed by atoms with van der Waals surface area (Å²) in [6.45, 7) is 5.72. The van der Waals surface area contributed by atoms with Gasteiger partial charge in [-0.05, 0) is 108 Å². The molecular formula is C35H58N4O4. The Bertz CT molecular complexity index is 1070. The zero-order chi connectivity index (χ0) is 30.6. The maximum Gasteiger partial charge on any atom is 0.306 e. The monoisotopic (exact) mass is 598 g/mol. The summed E-state index contributed by atoms with van der Waals surface area (Å²) in [7, 11) is 0. The minimum atomic E-state index is -1.26. The predicted octanol–water partition coefficient (Wildman–Crippen LogP) is 3.96. The van der Waals surface area contributed by atoms with Crippen molar-refractivity contribution in [1.82, 2.24) is 15.5 Å². The van der Waals surface area contributed by atoms with Gasteiger partial charge in [-0.2, -0.15) is 0 Å². The first-order valence-electron chi connectivity index (χ1n) is 17.2. The molecule has 4 bridgehead atoms. The summed E-state index contributed by atoms with van der Waals surface area (Å²) in [6, 6.07) is 10.3. The molecule has 4 aliphatic heterocycles. The quantitative estimate of drug-likeness (QED) is 0.308. The Morgan fingerprint density at radius 2 is 1.81 bits per heavy atom. The number of fused-ring (bicyclic) bond motifs is 5. The predicted molar refractivity (Wildman–Crippen MR) is 171 cm³/mol. The number of carbonyl (C=O) groups is 1. The van der Waals surface area contributed by atoms with Crippen molar-refractivity contribution < 1.29 is 20.1 Å². The van der Waals surface area contributed by atoms with Gasteiger partial charge in [0.1, 0.15) is 0 Å². The summed E-state index contributed by atoms with van der Waals surface area (Å²) < 4.78 is 0. The molecule has 0 aliphatic carbocycles. The smallest absolute Gasteiger partial charge is 0.306 e. The van der Waals surface area contributed by atoms with E-state index in [0.29, 0.717) is 24.3 Å². The van der Waals surface area contributed by atoms with E-state index in [-0.39, 0.29) is 42.9 Å². The van der Waals surface area contributed by atoms with Crippen LogP contribution in [0.2, 0.25) is 0 Å². The zero-order valence-electron chi connectivity index (χ0n) is 26.6. The number of piperidine rings is 3. The first-order chi connectivity index (χ1) is 20.5. The average Bonchev–Trinajstić information content (AvgIpc) is 2.94. The Balaban J connectivity index is 1.34. The van der Waals surface area contributed by atoms with Crippen LogP contribution >= 0.6 is 0 Å². The average molecular weight is 599 g/mol. The van der Waals surface area contributed by atoms with E-state index in [0.717, 1.165) is 64.3 Å². The van der Waals surface area contributed by atoms with Crippen LogP contribution in [0.3, 0.4) is 0 Å². The number of nitrogens with zero attached hydrogens (tertiary/aromatic N) is 1. The number of carboxylic acids is 1. The summed E-state index contributed by atoms with van der Waals surface area (Å²) in [5.74, 6) is 0.381. The molecule has 7 N–H and O–H groups in total. The van der Waals surface area contributed by atoms with Crippen LogP contribution in [0.25, 0.3) is 0 Å². The van der Waals surface area contributed by atoms with Gasteiger partial charge in [-0.3, -0.25) is 15.0 Å². The molecule has 4 aliphatic rings. The number of nitrogens with one attached hydrogen (secondary N) is 2. The van der Waals surface area contributed by atoms with Gasteiger partial charge in [-0.15, -0.1) is 0 Å². The fourth-order valence-corrected chi connectivity index (χ4v) is 9.07. The highest BCUT2D eigenvalue weighted by molar-refractivity contribution is 5.68. The molecule has 3 saturated heterocycles. The topological polar surface area (TPSA) is 131 Å². The fourth-order valence-electron chi connectivity index (χ4n) is 9.07. The SMILES string of the molecule is CC1C(O)CCC2CC(C3CCCCCCC(O)(CC(=O)O)CNC4(C)CC(N)NC(Cc5cccc(c5)C3)C4)CCN21. The molecule has 8 nitrogen and oxygen atoms in total. The fraction of sp³-hybridized carbons (Fsp3) is 0.800. The molecule has 0 radical (unpaired) electrons. The van der Waals surface area contributed by atoms with E-state index in [2.05, 4.69) is 53.6 Å². The summed E-state index contributed by atoms with van der Waals surface area (Å²) in [6.07, 6.45) is 13.3. The summed E-state index contributed by atoms with van der Waals surface area (Å²) in [5, 5.41) is 38.7. The van der Waals surface area contributed by atoms with Crippen molar-refractivity contribution in [2.24, 2.45) is 17.6 Å². The molecule has 43 heavy (non-hydrogen) atoms. The van der Waals surface area contributed by atoms with Crippen molar-refractivity contribution in [3.05, 3.63) is 35.4 Å². The lowest BCUT2D eigenvalue weighted by Gasteiger charge is -2.49. The van der Waals surface area contributed by atoms with Gasteiger partial charge in [0, 0.05) is 30.2 Å². The lowest BCUT2D eigenvalue weighted by Crippen LogP contribution is -2.63. The van der Waals surface area contributed by atoms with Crippen LogP contribution in [-0.4, -0.2) is 80.8 Å². The van der Waals surface area contributed by atoms with Gasteiger partial charge < -0.3 is 26.4 Å². The van der Waals surface area contributed by atoms with Crippen molar-refractivity contribution in [3.63, 3.8) is 0 Å². The standard InChI is InChI=1S/C35H58N4O4/c1-24-31(40)12-11-30-19-28(13-15-39(24)30)27-10-5-3-4-6-14-35(43,22-33(41)42)23-37-34(2)20-29(38-32(36)21-34)18-26-9-7-8-25(16-26)17-27/h7-9,16,24,27-32,37-38,40,43H,3-6,10-15,17-23,36H2,1-2H3,(H,41,42). The van der Waals surface area contributed by atoms with Crippen molar-refractivity contribution >= 4 is 5.97 Å². The maximum absolute atomic E-state index is 11.7. The van der Waals surface area contributed by atoms with Crippen molar-refractivity contribution in [1.29, 1.82) is 0 Å². The number of aliphatic carboxylic acids is 1. The molecule has 0 aromatic heterocycles. The maximum atomic E-state index is 11.7. The minimum absolute atomic E-state index is 0.156. The second-order valence-electron chi connectivity index (χ2n) is 15.1. The van der Waals surface area contributed by atoms with E-state index in [4.69, 9.17) is 5.73 Å². The van der Waals surface area contributed by atoms with Crippen molar-refractivity contribution in [3.8, 4) is 0 Å². The zero-order valence-corrected chi connectivity index (χ0v) is 26.6. The van der Waals surface area contributed by atoms with Crippen LogP contribution in [0.4, 0.5) is 0 Å². The van der Waals surface area contributed by atoms with Gasteiger partial charge in [0.2, 0.25) is 0 Å². The third-order valence-corrected chi connectivity index (χ3v) is 11.4. The highest BCUT2D eigenvalue weighted by Crippen LogP contribution is 2.39. The summed E-state index contributed by atoms with van der Waals surface area (Å²) in [4.78, 5) is 14.3. The van der Waals surface area contributed by atoms with Crippen LogP contribution in [0.1, 0.15) is 108 Å². The third kappa shape index (κ3) is 8.80. The highest BCUT2D eigenvalue weighted by Gasteiger charge is 2.41. The second kappa shape index (κ2) is 14.3. The van der Waals surface area contributed by atoms with Crippen LogP contribution in [-0.2, 0) is 17.6 Å². The number of aliphatic hydroxyl groups excluding tert-OH is 1. The number of β-amino-alcohol motifs (C(OH)–C–C–N with tert-alkyl or cyclic N) is 1. The van der Waals surface area contributed by atoms with Crippen LogP contribution in [0.5, 0.6) is 0 Å². The summed E-state index contributed by atoms with van der Waals surface area (Å²) in [5.41, 5.74) is 7.73. The molecule has 5 rings (SSSR count). The molecule has 9 atom stereocenters. The Kier molecular flexibility index (Phi) is 10.9. The molecule has 4 heterocycles. The van der Waals surface area contributed by atoms with E-state index in [1.165, 1.54) is 36.8 Å². The molecule has 242 valence electrons. The number of benzene rings is 1. The molecule has 0 amide bonds. The number of carboxylic acid groups (broad SMARTS) is 1. The molecule has 8 heteroatoms. The van der Waals surface area contributed by atoms with Gasteiger partial charge in [0.25, 0.3) is 0 Å². The van der Waals surface area contributed by atoms with Crippen LogP contribution < -0.4 is 16.4 Å². The molecule has 0 spiro atoms. The Hall–Kier alpha value is -1.55. The Morgan fingerprint density at radius 3 is 2.60 bits per heavy atom. The van der Waals surface area contributed by atoms with E-state index >= 15 is 0 Å². The number of hydrogen-bond acceptors (Lipinski definition) is 7. The van der Waals surface area contributed by atoms with Gasteiger partial charge in [0.15, 0.2) is 0 Å². The minimum Gasteiger partial charge on any atom is -0.481 e. The van der Waals surface area contributed by atoms with E-state index < -0.39 is 11.6 Å². The van der Waals surface area contributed by atoms with Gasteiger partial charge in [0.05, 0.1) is 24.3 Å². The second-order valence-corrected chi connectivity index (χ2v) is 15.1. The van der Waals surface area contributed by atoms with Gasteiger partial charge in [-0.25, -0.2) is 0 Å². The van der Waals surface area contributed by atoms with Crippen molar-refractivity contribution in [2.45, 2.75) is 152 Å². The van der Waals surface area contributed by atoms with E-state index in [1.54, 1.807) is 0 Å². The molecule has 0 saturated carbocycles. The first-order valence-corrected chi connectivity index (χ1v) is 17.2. The summed E-state index contributed by atoms with van der Waals surface area (Å²) >= 11 is 0. The molecule has 9 unspecified atom stereocenters. The first kappa shape index (κ1) is 32.8. The van der Waals surface area contributed by atoms with Crippen molar-refractivity contribution in [2.75, 3.05) is 13.1 Å². The molecule has 1 aromatic rings. The lowest BCUT2D eigenvalue weighted by atomic mass is 9.73. The number of aliphatic hydroxyl groups is 2. The number of hydrogen-bond donors (Lipinski definition) is 6. The third-order valence-electron chi connectivity index (χ3n) is 11.4. The van der Waals surface area contributed by atoms with Crippen LogP contribution in [0.15, 0.2) is 24.3 Å². The van der Waals surface area contributed by atoms with E-state index in [1.807, 2.05) is 0 Å². The normalized spacial score (nSPS) is 40.5. The Morgan fingerprint density at radius 1 is 1.05 bits per heavy atom. The van der Waals surface area contributed by atoms with Crippen LogP contribution in [0, 0.1) is 11.8 Å². The highest BCUT2D eigenvalue weighted by atomic mass is 16.4. The largest absolute Gasteiger partial charge is 0.481 e. The molecule has 3 fully saturated rings. The Labute approximate surface area is 259 Å². The molecular weight excluding hydrogens is 540 g/mol.